The molecule has 1 unspecified atom stereocenters. The summed E-state index contributed by atoms with van der Waals surface area (Å²) in [5, 5.41) is 11.4. The number of aliphatic hydroxyl groups is 1. The van der Waals surface area contributed by atoms with Gasteiger partial charge in [-0.05, 0) is 44.4 Å². The van der Waals surface area contributed by atoms with E-state index in [1.165, 1.54) is 0 Å². The number of hydrogen-bond donors (Lipinski definition) is 2. The van der Waals surface area contributed by atoms with Gasteiger partial charge in [-0.15, -0.1) is 0 Å². The average molecular weight is 298 g/mol. The molecule has 0 spiro atoms. The summed E-state index contributed by atoms with van der Waals surface area (Å²) in [6.45, 7) is 1.19. The van der Waals surface area contributed by atoms with E-state index >= 15 is 0 Å². The summed E-state index contributed by atoms with van der Waals surface area (Å²) in [7, 11) is 0. The fourth-order valence-electron chi connectivity index (χ4n) is 2.77. The first-order valence-corrected chi connectivity index (χ1v) is 7.19. The molecular weight excluding hydrogens is 278 g/mol. The zero-order valence-corrected chi connectivity index (χ0v) is 11.8. The van der Waals surface area contributed by atoms with Gasteiger partial charge in [0.15, 0.2) is 0 Å². The molecule has 0 aliphatic carbocycles. The Morgan fingerprint density at radius 1 is 1.33 bits per heavy atom. The van der Waals surface area contributed by atoms with E-state index in [4.69, 9.17) is 5.11 Å². The molecule has 1 aliphatic rings. The average Bonchev–Trinajstić information content (AvgIpc) is 2.82. The van der Waals surface area contributed by atoms with E-state index in [0.717, 1.165) is 50.4 Å². The van der Waals surface area contributed by atoms with Crippen molar-refractivity contribution < 1.29 is 18.7 Å². The number of hydrogen-bond acceptors (Lipinski definition) is 3. The number of amides is 1. The van der Waals surface area contributed by atoms with Crippen LogP contribution < -0.4 is 5.32 Å². The highest BCUT2D eigenvalue weighted by Crippen LogP contribution is 2.21. The van der Waals surface area contributed by atoms with Crippen LogP contribution in [0.3, 0.4) is 0 Å². The van der Waals surface area contributed by atoms with E-state index in [-0.39, 0.29) is 24.7 Å². The number of carbonyl (C=O) groups excluding carboxylic acids is 1. The third-order valence-electron chi connectivity index (χ3n) is 3.69. The number of likely N-dealkylation sites (tertiary alicyclic amines) is 1. The lowest BCUT2D eigenvalue weighted by Gasteiger charge is -2.23. The van der Waals surface area contributed by atoms with Gasteiger partial charge in [-0.1, -0.05) is 0 Å². The van der Waals surface area contributed by atoms with Crippen molar-refractivity contribution in [2.45, 2.75) is 31.7 Å². The van der Waals surface area contributed by atoms with Crippen molar-refractivity contribution in [3.05, 3.63) is 29.8 Å². The monoisotopic (exact) mass is 298 g/mol. The molecular formula is C15H20F2N2O2. The van der Waals surface area contributed by atoms with Gasteiger partial charge >= 0.3 is 0 Å². The number of aliphatic hydroxyl groups excluding tert-OH is 1. The molecule has 0 saturated carbocycles. The second-order valence-electron chi connectivity index (χ2n) is 5.34. The lowest BCUT2D eigenvalue weighted by Crippen LogP contribution is -2.36. The molecule has 116 valence electrons. The Morgan fingerprint density at radius 3 is 2.71 bits per heavy atom. The Balaban J connectivity index is 1.88. The molecule has 1 aromatic carbocycles. The highest BCUT2D eigenvalue weighted by atomic mass is 19.1. The predicted molar refractivity (Wildman–Crippen MR) is 75.9 cm³/mol. The van der Waals surface area contributed by atoms with Gasteiger partial charge in [0, 0.05) is 24.4 Å². The van der Waals surface area contributed by atoms with Gasteiger partial charge < -0.3 is 10.4 Å². The maximum absolute atomic E-state index is 13.1. The van der Waals surface area contributed by atoms with Gasteiger partial charge in [-0.3, -0.25) is 9.69 Å². The second-order valence-corrected chi connectivity index (χ2v) is 5.34. The highest BCUT2D eigenvalue weighted by molar-refractivity contribution is 5.92. The molecule has 1 saturated heterocycles. The minimum absolute atomic E-state index is 0.128. The molecule has 1 atom stereocenters. The fourth-order valence-corrected chi connectivity index (χ4v) is 2.77. The number of nitrogens with one attached hydrogen (secondary N) is 1. The molecule has 0 aromatic heterocycles. The summed E-state index contributed by atoms with van der Waals surface area (Å²) in [4.78, 5) is 14.0. The van der Waals surface area contributed by atoms with Gasteiger partial charge in [0.2, 0.25) is 5.91 Å². The summed E-state index contributed by atoms with van der Waals surface area (Å²) >= 11 is 0. The lowest BCUT2D eigenvalue weighted by molar-refractivity contribution is -0.117. The van der Waals surface area contributed by atoms with Gasteiger partial charge in [-0.25, -0.2) is 8.78 Å². The summed E-state index contributed by atoms with van der Waals surface area (Å²) in [5.74, 6) is -1.71. The smallest absolute Gasteiger partial charge is 0.238 e. The van der Waals surface area contributed by atoms with E-state index in [1.807, 2.05) is 0 Å². The Bertz CT molecular complexity index is 476. The fraction of sp³-hybridized carbons (Fsp3) is 0.533. The van der Waals surface area contributed by atoms with E-state index in [1.54, 1.807) is 0 Å². The van der Waals surface area contributed by atoms with E-state index < -0.39 is 11.6 Å². The zero-order chi connectivity index (χ0) is 15.2. The Labute approximate surface area is 122 Å². The van der Waals surface area contributed by atoms with Crippen molar-refractivity contribution in [3.8, 4) is 0 Å². The maximum atomic E-state index is 13.1. The molecule has 21 heavy (non-hydrogen) atoms. The summed E-state index contributed by atoms with van der Waals surface area (Å²) < 4.78 is 26.1. The molecule has 4 nitrogen and oxygen atoms in total. The lowest BCUT2D eigenvalue weighted by atomic mass is 10.1. The second kappa shape index (κ2) is 7.47. The predicted octanol–water partition coefficient (Wildman–Crippen LogP) is 2.14. The van der Waals surface area contributed by atoms with Gasteiger partial charge in [0.25, 0.3) is 0 Å². The molecule has 2 rings (SSSR count). The molecule has 1 amide bonds. The summed E-state index contributed by atoms with van der Waals surface area (Å²) in [6, 6.07) is 3.25. The number of rotatable bonds is 6. The largest absolute Gasteiger partial charge is 0.396 e. The summed E-state index contributed by atoms with van der Waals surface area (Å²) in [6.07, 6.45) is 3.62. The van der Waals surface area contributed by atoms with E-state index in [0.29, 0.717) is 6.04 Å². The number of carbonyl (C=O) groups is 1. The maximum Gasteiger partial charge on any atom is 0.238 e. The van der Waals surface area contributed by atoms with Crippen LogP contribution in [0.1, 0.15) is 25.7 Å². The van der Waals surface area contributed by atoms with Crippen LogP contribution in [-0.2, 0) is 4.79 Å². The zero-order valence-electron chi connectivity index (χ0n) is 11.8. The first-order chi connectivity index (χ1) is 10.1. The molecule has 1 fully saturated rings. The Hall–Kier alpha value is -1.53. The van der Waals surface area contributed by atoms with Crippen molar-refractivity contribution in [1.82, 2.24) is 4.90 Å². The van der Waals surface area contributed by atoms with Crippen LogP contribution in [0, 0.1) is 11.6 Å². The first kappa shape index (κ1) is 15.9. The number of halogens is 2. The SMILES string of the molecule is O=C(CN1CCCC1CCCO)Nc1cc(F)cc(F)c1. The number of nitrogens with zero attached hydrogens (tertiary/aromatic N) is 1. The van der Waals surface area contributed by atoms with Gasteiger partial charge in [-0.2, -0.15) is 0 Å². The van der Waals surface area contributed by atoms with Crippen molar-refractivity contribution in [1.29, 1.82) is 0 Å². The van der Waals surface area contributed by atoms with Crippen LogP contribution in [0.5, 0.6) is 0 Å². The van der Waals surface area contributed by atoms with Gasteiger partial charge in [0.05, 0.1) is 6.54 Å². The molecule has 2 N–H and O–H groups in total. The van der Waals surface area contributed by atoms with Crippen molar-refractivity contribution in [2.75, 3.05) is 25.0 Å². The van der Waals surface area contributed by atoms with Crippen molar-refractivity contribution in [2.24, 2.45) is 0 Å². The van der Waals surface area contributed by atoms with Gasteiger partial charge in [0.1, 0.15) is 11.6 Å². The molecule has 6 heteroatoms. The van der Waals surface area contributed by atoms with E-state index in [9.17, 15) is 13.6 Å². The van der Waals surface area contributed by atoms with Crippen molar-refractivity contribution >= 4 is 11.6 Å². The van der Waals surface area contributed by atoms with Crippen LogP contribution >= 0.6 is 0 Å². The molecule has 1 aliphatic heterocycles. The Kier molecular flexibility index (Phi) is 5.64. The standard InChI is InChI=1S/C15H20F2N2O2/c16-11-7-12(17)9-13(8-11)18-15(21)10-19-5-1-3-14(19)4-2-6-20/h7-9,14,20H,1-6,10H2,(H,18,21). The molecule has 1 aromatic rings. The van der Waals surface area contributed by atoms with E-state index in [2.05, 4.69) is 10.2 Å². The van der Waals surface area contributed by atoms with Crippen LogP contribution in [-0.4, -0.2) is 41.7 Å². The topological polar surface area (TPSA) is 52.6 Å². The highest BCUT2D eigenvalue weighted by Gasteiger charge is 2.25. The molecule has 0 radical (unpaired) electrons. The number of benzene rings is 1. The van der Waals surface area contributed by atoms with Crippen LogP contribution in [0.15, 0.2) is 18.2 Å². The van der Waals surface area contributed by atoms with Crippen LogP contribution in [0.25, 0.3) is 0 Å². The quantitative estimate of drug-likeness (QED) is 0.846. The summed E-state index contributed by atoms with van der Waals surface area (Å²) in [5.41, 5.74) is 0.128. The third-order valence-corrected chi connectivity index (χ3v) is 3.69. The first-order valence-electron chi connectivity index (χ1n) is 7.19. The normalized spacial score (nSPS) is 18.9. The number of anilines is 1. The molecule has 0 bridgehead atoms. The Morgan fingerprint density at radius 2 is 2.05 bits per heavy atom. The van der Waals surface area contributed by atoms with Crippen LogP contribution in [0.2, 0.25) is 0 Å². The van der Waals surface area contributed by atoms with Crippen molar-refractivity contribution in [3.63, 3.8) is 0 Å². The third kappa shape index (κ3) is 4.75. The van der Waals surface area contributed by atoms with Crippen LogP contribution in [0.4, 0.5) is 14.5 Å². The minimum atomic E-state index is -0.715. The minimum Gasteiger partial charge on any atom is -0.396 e. The molecule has 1 heterocycles.